The van der Waals surface area contributed by atoms with Gasteiger partial charge in [-0.05, 0) is 34.5 Å². The molecule has 1 amide bonds. The van der Waals surface area contributed by atoms with E-state index in [2.05, 4.69) is 10.4 Å². The van der Waals surface area contributed by atoms with Crippen LogP contribution in [0.25, 0.3) is 10.8 Å². The molecule has 1 N–H and O–H groups in total. The van der Waals surface area contributed by atoms with Gasteiger partial charge in [-0.1, -0.05) is 48.5 Å². The van der Waals surface area contributed by atoms with E-state index in [1.807, 2.05) is 42.5 Å². The van der Waals surface area contributed by atoms with Crippen molar-refractivity contribution in [2.45, 2.75) is 12.7 Å². The second-order valence-corrected chi connectivity index (χ2v) is 6.60. The molecular formula is C22H16F3N3O. The molecule has 4 rings (SSSR count). The lowest BCUT2D eigenvalue weighted by Crippen LogP contribution is -2.13. The van der Waals surface area contributed by atoms with Crippen LogP contribution in [-0.4, -0.2) is 15.7 Å². The van der Waals surface area contributed by atoms with E-state index in [9.17, 15) is 18.0 Å². The molecule has 146 valence electrons. The molecule has 0 bridgehead atoms. The fourth-order valence-electron chi connectivity index (χ4n) is 3.16. The first-order valence-electron chi connectivity index (χ1n) is 8.88. The molecule has 0 fully saturated rings. The Hall–Kier alpha value is -3.61. The summed E-state index contributed by atoms with van der Waals surface area (Å²) in [5, 5.41) is 9.07. The van der Waals surface area contributed by atoms with Gasteiger partial charge in [-0.3, -0.25) is 9.48 Å². The monoisotopic (exact) mass is 395 g/mol. The molecule has 29 heavy (non-hydrogen) atoms. The maximum Gasteiger partial charge on any atom is 0.416 e. The summed E-state index contributed by atoms with van der Waals surface area (Å²) in [6, 6.07) is 18.3. The molecule has 3 aromatic carbocycles. The molecule has 0 aliphatic rings. The van der Waals surface area contributed by atoms with Gasteiger partial charge < -0.3 is 5.32 Å². The van der Waals surface area contributed by atoms with Crippen molar-refractivity contribution in [1.29, 1.82) is 0 Å². The van der Waals surface area contributed by atoms with E-state index < -0.39 is 17.6 Å². The minimum absolute atomic E-state index is 0.0679. The van der Waals surface area contributed by atoms with Crippen molar-refractivity contribution in [2.75, 3.05) is 5.32 Å². The van der Waals surface area contributed by atoms with E-state index >= 15 is 0 Å². The number of aromatic nitrogens is 2. The Morgan fingerprint density at radius 3 is 2.59 bits per heavy atom. The van der Waals surface area contributed by atoms with Gasteiger partial charge in [0.15, 0.2) is 0 Å². The van der Waals surface area contributed by atoms with E-state index in [-0.39, 0.29) is 5.56 Å². The number of nitrogens with one attached hydrogen (secondary N) is 1. The lowest BCUT2D eigenvalue weighted by Gasteiger charge is -2.08. The Bertz CT molecular complexity index is 1180. The molecule has 0 saturated carbocycles. The molecule has 0 atom stereocenters. The van der Waals surface area contributed by atoms with Gasteiger partial charge in [0, 0.05) is 11.8 Å². The first kappa shape index (κ1) is 18.7. The molecule has 7 heteroatoms. The SMILES string of the molecule is O=C(Nc1cnn(Cc2cccc3ccccc23)c1)c1cccc(C(F)(F)F)c1. The molecule has 0 aliphatic carbocycles. The molecule has 1 heterocycles. The first-order chi connectivity index (χ1) is 13.9. The van der Waals surface area contributed by atoms with Crippen molar-refractivity contribution in [2.24, 2.45) is 0 Å². The van der Waals surface area contributed by atoms with Gasteiger partial charge in [0.2, 0.25) is 0 Å². The summed E-state index contributed by atoms with van der Waals surface area (Å²) in [7, 11) is 0. The van der Waals surface area contributed by atoms with Crippen molar-refractivity contribution in [3.63, 3.8) is 0 Å². The second-order valence-electron chi connectivity index (χ2n) is 6.60. The van der Waals surface area contributed by atoms with Crippen LogP contribution in [0, 0.1) is 0 Å². The smallest absolute Gasteiger partial charge is 0.319 e. The number of amides is 1. The van der Waals surface area contributed by atoms with Crippen molar-refractivity contribution in [3.05, 3.63) is 95.8 Å². The number of hydrogen-bond acceptors (Lipinski definition) is 2. The van der Waals surface area contributed by atoms with Gasteiger partial charge in [0.05, 0.1) is 24.0 Å². The lowest BCUT2D eigenvalue weighted by atomic mass is 10.0. The van der Waals surface area contributed by atoms with Crippen LogP contribution in [0.4, 0.5) is 18.9 Å². The number of benzene rings is 3. The van der Waals surface area contributed by atoms with Crippen LogP contribution in [0.5, 0.6) is 0 Å². The van der Waals surface area contributed by atoms with Crippen molar-refractivity contribution in [3.8, 4) is 0 Å². The Balaban J connectivity index is 1.50. The minimum Gasteiger partial charge on any atom is -0.319 e. The summed E-state index contributed by atoms with van der Waals surface area (Å²) in [6.07, 6.45) is -1.39. The largest absolute Gasteiger partial charge is 0.416 e. The number of halogens is 3. The van der Waals surface area contributed by atoms with Gasteiger partial charge in [0.1, 0.15) is 0 Å². The Morgan fingerprint density at radius 1 is 1.00 bits per heavy atom. The number of alkyl halides is 3. The molecule has 4 nitrogen and oxygen atoms in total. The van der Waals surface area contributed by atoms with Gasteiger partial charge >= 0.3 is 6.18 Å². The average molecular weight is 395 g/mol. The molecule has 0 aliphatic heterocycles. The van der Waals surface area contributed by atoms with Crippen LogP contribution in [-0.2, 0) is 12.7 Å². The number of carbonyl (C=O) groups is 1. The highest BCUT2D eigenvalue weighted by molar-refractivity contribution is 6.04. The Labute approximate surface area is 164 Å². The standard InChI is InChI=1S/C22H16F3N3O/c23-22(24,25)18-9-4-7-16(11-18)21(29)27-19-12-26-28(14-19)13-17-8-3-6-15-5-1-2-10-20(15)17/h1-12,14H,13H2,(H,27,29). The fourth-order valence-corrected chi connectivity index (χ4v) is 3.16. The number of carbonyl (C=O) groups excluding carboxylic acids is 1. The van der Waals surface area contributed by atoms with E-state index in [1.54, 1.807) is 10.9 Å². The quantitative estimate of drug-likeness (QED) is 0.506. The van der Waals surface area contributed by atoms with Crippen LogP contribution < -0.4 is 5.32 Å². The average Bonchev–Trinajstić information content (AvgIpc) is 3.14. The van der Waals surface area contributed by atoms with Crippen LogP contribution in [0.15, 0.2) is 79.1 Å². The fraction of sp³-hybridized carbons (Fsp3) is 0.0909. The van der Waals surface area contributed by atoms with Gasteiger partial charge in [-0.15, -0.1) is 0 Å². The van der Waals surface area contributed by atoms with Crippen LogP contribution in [0.3, 0.4) is 0 Å². The first-order valence-corrected chi connectivity index (χ1v) is 8.88. The molecule has 0 saturated heterocycles. The third-order valence-corrected chi connectivity index (χ3v) is 4.56. The summed E-state index contributed by atoms with van der Waals surface area (Å²) in [5.74, 6) is -0.624. The predicted octanol–water partition coefficient (Wildman–Crippen LogP) is 5.36. The van der Waals surface area contributed by atoms with Crippen molar-refractivity contribution >= 4 is 22.4 Å². The summed E-state index contributed by atoms with van der Waals surface area (Å²) in [4.78, 5) is 12.3. The minimum atomic E-state index is -4.50. The highest BCUT2D eigenvalue weighted by Gasteiger charge is 2.30. The highest BCUT2D eigenvalue weighted by Crippen LogP contribution is 2.29. The Morgan fingerprint density at radius 2 is 1.76 bits per heavy atom. The topological polar surface area (TPSA) is 46.9 Å². The van der Waals surface area contributed by atoms with E-state index in [0.29, 0.717) is 12.2 Å². The molecule has 0 spiro atoms. The van der Waals surface area contributed by atoms with Gasteiger partial charge in [-0.25, -0.2) is 0 Å². The summed E-state index contributed by atoms with van der Waals surface area (Å²) >= 11 is 0. The van der Waals surface area contributed by atoms with Crippen molar-refractivity contribution < 1.29 is 18.0 Å². The molecule has 0 radical (unpaired) electrons. The van der Waals surface area contributed by atoms with E-state index in [4.69, 9.17) is 0 Å². The molecule has 0 unspecified atom stereocenters. The summed E-state index contributed by atoms with van der Waals surface area (Å²) in [5.41, 5.74) is 0.549. The third kappa shape index (κ3) is 4.13. The van der Waals surface area contributed by atoms with Crippen LogP contribution >= 0.6 is 0 Å². The number of hydrogen-bond donors (Lipinski definition) is 1. The Kier molecular flexibility index (Phi) is 4.80. The van der Waals surface area contributed by atoms with Crippen molar-refractivity contribution in [1.82, 2.24) is 9.78 Å². The molecule has 4 aromatic rings. The maximum atomic E-state index is 12.8. The maximum absolute atomic E-state index is 12.8. The summed E-state index contributed by atoms with van der Waals surface area (Å²) in [6.45, 7) is 0.501. The van der Waals surface area contributed by atoms with Crippen LogP contribution in [0.2, 0.25) is 0 Å². The lowest BCUT2D eigenvalue weighted by molar-refractivity contribution is -0.137. The number of fused-ring (bicyclic) bond motifs is 1. The second kappa shape index (κ2) is 7.43. The van der Waals surface area contributed by atoms with Gasteiger partial charge in [-0.2, -0.15) is 18.3 Å². The third-order valence-electron chi connectivity index (χ3n) is 4.56. The number of rotatable bonds is 4. The highest BCUT2D eigenvalue weighted by atomic mass is 19.4. The normalized spacial score (nSPS) is 11.6. The zero-order valence-electron chi connectivity index (χ0n) is 15.1. The number of anilines is 1. The predicted molar refractivity (Wildman–Crippen MR) is 105 cm³/mol. The van der Waals surface area contributed by atoms with E-state index in [1.165, 1.54) is 18.3 Å². The van der Waals surface area contributed by atoms with Gasteiger partial charge in [0.25, 0.3) is 5.91 Å². The zero-order valence-corrected chi connectivity index (χ0v) is 15.1. The molecule has 1 aromatic heterocycles. The molecular weight excluding hydrogens is 379 g/mol. The summed E-state index contributed by atoms with van der Waals surface area (Å²) < 4.78 is 40.2. The van der Waals surface area contributed by atoms with E-state index in [0.717, 1.165) is 28.5 Å². The van der Waals surface area contributed by atoms with Crippen LogP contribution in [0.1, 0.15) is 21.5 Å². The zero-order chi connectivity index (χ0) is 20.4. The number of nitrogens with zero attached hydrogens (tertiary/aromatic N) is 2.